The van der Waals surface area contributed by atoms with Crippen molar-refractivity contribution < 1.29 is 0 Å². The van der Waals surface area contributed by atoms with Gasteiger partial charge in [-0.25, -0.2) is 9.97 Å². The van der Waals surface area contributed by atoms with Crippen LogP contribution in [0.15, 0.2) is 30.3 Å². The summed E-state index contributed by atoms with van der Waals surface area (Å²) in [7, 11) is 0. The molecule has 17 heavy (non-hydrogen) atoms. The number of hydrogen-bond donors (Lipinski definition) is 1. The molecule has 4 nitrogen and oxygen atoms in total. The molecule has 0 unspecified atom stereocenters. The second kappa shape index (κ2) is 4.62. The SMILES string of the molecule is CCc1cc(-c2ccc(C#N)cc2)nc(N)n1. The minimum atomic E-state index is 0.281. The van der Waals surface area contributed by atoms with Gasteiger partial charge >= 0.3 is 0 Å². The van der Waals surface area contributed by atoms with E-state index in [9.17, 15) is 0 Å². The topological polar surface area (TPSA) is 75.6 Å². The lowest BCUT2D eigenvalue weighted by atomic mass is 10.1. The summed E-state index contributed by atoms with van der Waals surface area (Å²) < 4.78 is 0. The highest BCUT2D eigenvalue weighted by atomic mass is 15.0. The molecule has 0 bridgehead atoms. The molecule has 2 aromatic rings. The zero-order valence-corrected chi connectivity index (χ0v) is 9.51. The fourth-order valence-corrected chi connectivity index (χ4v) is 1.56. The molecular weight excluding hydrogens is 212 g/mol. The third-order valence-corrected chi connectivity index (χ3v) is 2.47. The highest BCUT2D eigenvalue weighted by molar-refractivity contribution is 5.61. The maximum absolute atomic E-state index is 8.73. The number of nitriles is 1. The molecule has 2 rings (SSSR count). The molecule has 0 saturated carbocycles. The van der Waals surface area contributed by atoms with Gasteiger partial charge in [-0.1, -0.05) is 19.1 Å². The van der Waals surface area contributed by atoms with Crippen molar-refractivity contribution >= 4 is 5.95 Å². The number of nitrogens with two attached hydrogens (primary N) is 1. The number of nitrogen functional groups attached to an aromatic ring is 1. The van der Waals surface area contributed by atoms with Crippen molar-refractivity contribution in [2.75, 3.05) is 5.73 Å². The second-order valence-corrected chi connectivity index (χ2v) is 3.65. The number of hydrogen-bond acceptors (Lipinski definition) is 4. The van der Waals surface area contributed by atoms with E-state index >= 15 is 0 Å². The van der Waals surface area contributed by atoms with Gasteiger partial charge < -0.3 is 5.73 Å². The van der Waals surface area contributed by atoms with Crippen LogP contribution in [0.1, 0.15) is 18.2 Å². The molecule has 2 N–H and O–H groups in total. The molecule has 0 saturated heterocycles. The van der Waals surface area contributed by atoms with Crippen molar-refractivity contribution in [1.82, 2.24) is 9.97 Å². The Morgan fingerprint density at radius 2 is 1.94 bits per heavy atom. The molecule has 0 aliphatic heterocycles. The molecule has 0 fully saturated rings. The van der Waals surface area contributed by atoms with Gasteiger partial charge in [-0.3, -0.25) is 0 Å². The molecule has 1 aromatic heterocycles. The highest BCUT2D eigenvalue weighted by Crippen LogP contribution is 2.19. The summed E-state index contributed by atoms with van der Waals surface area (Å²) in [4.78, 5) is 8.32. The largest absolute Gasteiger partial charge is 0.368 e. The van der Waals surface area contributed by atoms with Gasteiger partial charge in [-0.15, -0.1) is 0 Å². The van der Waals surface area contributed by atoms with E-state index < -0.39 is 0 Å². The minimum Gasteiger partial charge on any atom is -0.368 e. The molecular formula is C13H12N4. The molecule has 0 aliphatic rings. The molecule has 84 valence electrons. The van der Waals surface area contributed by atoms with Crippen LogP contribution in [0.4, 0.5) is 5.95 Å². The van der Waals surface area contributed by atoms with Crippen LogP contribution in [-0.2, 0) is 6.42 Å². The summed E-state index contributed by atoms with van der Waals surface area (Å²) in [6, 6.07) is 11.2. The molecule has 0 amide bonds. The average Bonchev–Trinajstić information content (AvgIpc) is 2.38. The third kappa shape index (κ3) is 2.40. The fourth-order valence-electron chi connectivity index (χ4n) is 1.56. The molecule has 1 heterocycles. The summed E-state index contributed by atoms with van der Waals surface area (Å²) in [5, 5.41) is 8.73. The predicted octanol–water partition coefficient (Wildman–Crippen LogP) is 2.16. The van der Waals surface area contributed by atoms with E-state index in [1.165, 1.54) is 0 Å². The van der Waals surface area contributed by atoms with Crippen LogP contribution in [-0.4, -0.2) is 9.97 Å². The van der Waals surface area contributed by atoms with Gasteiger partial charge in [0.1, 0.15) is 0 Å². The van der Waals surface area contributed by atoms with Crippen LogP contribution in [0.5, 0.6) is 0 Å². The lowest BCUT2D eigenvalue weighted by molar-refractivity contribution is 1.01. The van der Waals surface area contributed by atoms with Crippen LogP contribution >= 0.6 is 0 Å². The van der Waals surface area contributed by atoms with Gasteiger partial charge in [0.25, 0.3) is 0 Å². The van der Waals surface area contributed by atoms with Crippen molar-refractivity contribution in [3.8, 4) is 17.3 Å². The summed E-state index contributed by atoms with van der Waals surface area (Å²) in [6.07, 6.45) is 0.815. The number of nitrogens with zero attached hydrogens (tertiary/aromatic N) is 3. The van der Waals surface area contributed by atoms with Crippen molar-refractivity contribution in [2.24, 2.45) is 0 Å². The molecule has 4 heteroatoms. The van der Waals surface area contributed by atoms with E-state index in [1.54, 1.807) is 12.1 Å². The fraction of sp³-hybridized carbons (Fsp3) is 0.154. The van der Waals surface area contributed by atoms with Crippen LogP contribution < -0.4 is 5.73 Å². The van der Waals surface area contributed by atoms with E-state index in [2.05, 4.69) is 16.0 Å². The normalized spacial score (nSPS) is 9.88. The summed E-state index contributed by atoms with van der Waals surface area (Å²) in [5.41, 5.74) is 8.93. The Kier molecular flexibility index (Phi) is 3.01. The zero-order chi connectivity index (χ0) is 12.3. The molecule has 0 radical (unpaired) electrons. The van der Waals surface area contributed by atoms with Gasteiger partial charge in [0.2, 0.25) is 5.95 Å². The van der Waals surface area contributed by atoms with E-state index in [-0.39, 0.29) is 5.95 Å². The maximum atomic E-state index is 8.73. The zero-order valence-electron chi connectivity index (χ0n) is 9.51. The maximum Gasteiger partial charge on any atom is 0.220 e. The molecule has 0 aliphatic carbocycles. The average molecular weight is 224 g/mol. The Bertz CT molecular complexity index is 567. The third-order valence-electron chi connectivity index (χ3n) is 2.47. The van der Waals surface area contributed by atoms with Crippen LogP contribution in [0.25, 0.3) is 11.3 Å². The summed E-state index contributed by atoms with van der Waals surface area (Å²) >= 11 is 0. The van der Waals surface area contributed by atoms with Gasteiger partial charge in [-0.05, 0) is 24.6 Å². The number of anilines is 1. The van der Waals surface area contributed by atoms with E-state index in [0.717, 1.165) is 23.4 Å². The van der Waals surface area contributed by atoms with Gasteiger partial charge in [0, 0.05) is 11.3 Å². The lowest BCUT2D eigenvalue weighted by Gasteiger charge is -2.04. The number of aryl methyl sites for hydroxylation is 1. The first-order valence-electron chi connectivity index (χ1n) is 5.37. The second-order valence-electron chi connectivity index (χ2n) is 3.65. The van der Waals surface area contributed by atoms with Crippen molar-refractivity contribution in [2.45, 2.75) is 13.3 Å². The van der Waals surface area contributed by atoms with Gasteiger partial charge in [0.05, 0.1) is 17.3 Å². The van der Waals surface area contributed by atoms with Crippen molar-refractivity contribution in [3.63, 3.8) is 0 Å². The van der Waals surface area contributed by atoms with Crippen LogP contribution in [0, 0.1) is 11.3 Å². The Labute approximate surface area is 99.8 Å². The van der Waals surface area contributed by atoms with E-state index in [0.29, 0.717) is 5.56 Å². The standard InChI is InChI=1S/C13H12N4/c1-2-11-7-12(17-13(15)16-11)10-5-3-9(8-14)4-6-10/h3-7H,2H2,1H3,(H2,15,16,17). The highest BCUT2D eigenvalue weighted by Gasteiger charge is 2.03. The van der Waals surface area contributed by atoms with E-state index in [4.69, 9.17) is 11.0 Å². The molecule has 0 atom stereocenters. The quantitative estimate of drug-likeness (QED) is 0.848. The van der Waals surface area contributed by atoms with Crippen LogP contribution in [0.2, 0.25) is 0 Å². The number of aromatic nitrogens is 2. The van der Waals surface area contributed by atoms with Gasteiger partial charge in [-0.2, -0.15) is 5.26 Å². The Morgan fingerprint density at radius 3 is 2.53 bits per heavy atom. The summed E-state index contributed by atoms with van der Waals surface area (Å²) in [6.45, 7) is 2.02. The van der Waals surface area contributed by atoms with Crippen molar-refractivity contribution in [3.05, 3.63) is 41.6 Å². The Morgan fingerprint density at radius 1 is 1.24 bits per heavy atom. The van der Waals surface area contributed by atoms with Crippen molar-refractivity contribution in [1.29, 1.82) is 5.26 Å². The first-order chi connectivity index (χ1) is 8.22. The van der Waals surface area contributed by atoms with E-state index in [1.807, 2.05) is 25.1 Å². The first-order valence-corrected chi connectivity index (χ1v) is 5.37. The smallest absolute Gasteiger partial charge is 0.220 e. The monoisotopic (exact) mass is 224 g/mol. The number of benzene rings is 1. The first kappa shape index (κ1) is 11.1. The Hall–Kier alpha value is -2.41. The number of rotatable bonds is 2. The lowest BCUT2D eigenvalue weighted by Crippen LogP contribution is -2.00. The minimum absolute atomic E-state index is 0.281. The summed E-state index contributed by atoms with van der Waals surface area (Å²) in [5.74, 6) is 0.281. The van der Waals surface area contributed by atoms with Crippen LogP contribution in [0.3, 0.4) is 0 Å². The van der Waals surface area contributed by atoms with Gasteiger partial charge in [0.15, 0.2) is 0 Å². The predicted molar refractivity (Wildman–Crippen MR) is 66.0 cm³/mol. The Balaban J connectivity index is 2.45. The molecule has 1 aromatic carbocycles. The molecule has 0 spiro atoms.